The molecule has 2 aliphatic rings. The fraction of sp³-hybridized carbons (Fsp3) is 0.375. The lowest BCUT2D eigenvalue weighted by atomic mass is 9.94. The molecule has 0 bridgehead atoms. The van der Waals surface area contributed by atoms with Crippen LogP contribution in [0.15, 0.2) is 42.5 Å². The summed E-state index contributed by atoms with van der Waals surface area (Å²) in [4.78, 5) is 13.2. The van der Waals surface area contributed by atoms with Gasteiger partial charge in [-0.25, -0.2) is 0 Å². The highest BCUT2D eigenvalue weighted by Crippen LogP contribution is 2.52. The average molecular weight is 465 g/mol. The van der Waals surface area contributed by atoms with Gasteiger partial charge in [-0.05, 0) is 61.2 Å². The monoisotopic (exact) mass is 464 g/mol. The minimum Gasteiger partial charge on any atom is -0.395 e. The number of aliphatic hydroxyl groups excluding tert-OH is 2. The summed E-state index contributed by atoms with van der Waals surface area (Å²) in [7, 11) is 0. The van der Waals surface area contributed by atoms with Crippen LogP contribution in [0.1, 0.15) is 35.3 Å². The standard InChI is InChI=1S/C24H24F2N2O5.3H2/c1-2-17-10-14-9-16(4-5-19(14)28(17)12-18(30)13-29)27-22(31)23(7-8-23)15-3-6-20-21(11-15)33-24(25,26)32-20;;;/h3-6,9-11,18,29-30H,2,7-8,12-13H2,1H3,(H,27,31);3*1H/t18-;;;/m1.../s1. The second-order valence-corrected chi connectivity index (χ2v) is 8.58. The molecular formula is C24H30F2N2O5. The lowest BCUT2D eigenvalue weighted by molar-refractivity contribution is -0.286. The second kappa shape index (κ2) is 7.71. The number of hydrogen-bond acceptors (Lipinski definition) is 5. The van der Waals surface area contributed by atoms with E-state index in [1.54, 1.807) is 12.1 Å². The van der Waals surface area contributed by atoms with Crippen molar-refractivity contribution in [3.63, 3.8) is 0 Å². The number of nitrogens with one attached hydrogen (secondary N) is 1. The molecular weight excluding hydrogens is 434 g/mol. The molecule has 180 valence electrons. The Balaban J connectivity index is 0.00000152. The summed E-state index contributed by atoms with van der Waals surface area (Å²) in [6.07, 6.45) is -2.60. The van der Waals surface area contributed by atoms with Crippen LogP contribution in [0.5, 0.6) is 11.5 Å². The van der Waals surface area contributed by atoms with Gasteiger partial charge in [-0.15, -0.1) is 8.78 Å². The number of hydrogen-bond donors (Lipinski definition) is 3. The van der Waals surface area contributed by atoms with Crippen LogP contribution in [-0.4, -0.2) is 39.7 Å². The van der Waals surface area contributed by atoms with Crippen LogP contribution in [0.3, 0.4) is 0 Å². The molecule has 1 saturated carbocycles. The first kappa shape index (κ1) is 21.7. The van der Waals surface area contributed by atoms with Crippen molar-refractivity contribution in [2.75, 3.05) is 11.9 Å². The summed E-state index contributed by atoms with van der Waals surface area (Å²) < 4.78 is 37.6. The molecule has 1 aromatic heterocycles. The molecule has 0 unspecified atom stereocenters. The summed E-state index contributed by atoms with van der Waals surface area (Å²) in [5, 5.41) is 23.0. The molecule has 7 nitrogen and oxygen atoms in total. The largest absolute Gasteiger partial charge is 0.586 e. The molecule has 2 aromatic carbocycles. The molecule has 1 atom stereocenters. The van der Waals surface area contributed by atoms with Crippen molar-refractivity contribution in [1.82, 2.24) is 4.57 Å². The first-order chi connectivity index (χ1) is 15.7. The molecule has 0 saturated heterocycles. The number of anilines is 1. The van der Waals surface area contributed by atoms with E-state index in [1.807, 2.05) is 29.7 Å². The molecule has 0 radical (unpaired) electrons. The van der Waals surface area contributed by atoms with Crippen LogP contribution in [-0.2, 0) is 23.2 Å². The van der Waals surface area contributed by atoms with Gasteiger partial charge in [0.25, 0.3) is 0 Å². The minimum atomic E-state index is -3.70. The highest BCUT2D eigenvalue weighted by molar-refractivity contribution is 6.02. The topological polar surface area (TPSA) is 93.0 Å². The molecule has 1 aliphatic heterocycles. The molecule has 3 aromatic rings. The third-order valence-corrected chi connectivity index (χ3v) is 6.35. The Morgan fingerprint density at radius 2 is 1.94 bits per heavy atom. The van der Waals surface area contributed by atoms with Gasteiger partial charge in [0.1, 0.15) is 0 Å². The predicted octanol–water partition coefficient (Wildman–Crippen LogP) is 4.29. The maximum atomic E-state index is 13.3. The first-order valence-electron chi connectivity index (χ1n) is 10.9. The van der Waals surface area contributed by atoms with Crippen molar-refractivity contribution >= 4 is 22.5 Å². The quantitative estimate of drug-likeness (QED) is 0.485. The van der Waals surface area contributed by atoms with Crippen molar-refractivity contribution in [3.8, 4) is 11.5 Å². The fourth-order valence-electron chi connectivity index (χ4n) is 4.45. The molecule has 33 heavy (non-hydrogen) atoms. The summed E-state index contributed by atoms with van der Waals surface area (Å²) >= 11 is 0. The van der Waals surface area contributed by atoms with Gasteiger partial charge in [0.2, 0.25) is 5.91 Å². The number of ether oxygens (including phenoxy) is 2. The van der Waals surface area contributed by atoms with E-state index in [2.05, 4.69) is 14.8 Å². The lowest BCUT2D eigenvalue weighted by Gasteiger charge is -2.17. The van der Waals surface area contributed by atoms with Crippen molar-refractivity contribution in [2.45, 2.75) is 50.5 Å². The van der Waals surface area contributed by atoms with E-state index in [4.69, 9.17) is 0 Å². The van der Waals surface area contributed by atoms with Crippen LogP contribution in [0.25, 0.3) is 10.9 Å². The van der Waals surface area contributed by atoms with Gasteiger partial charge in [-0.2, -0.15) is 0 Å². The Morgan fingerprint density at radius 1 is 1.18 bits per heavy atom. The molecule has 3 N–H and O–H groups in total. The number of aliphatic hydroxyl groups is 2. The highest BCUT2D eigenvalue weighted by Gasteiger charge is 2.52. The number of carbonyl (C=O) groups excluding carboxylic acids is 1. The van der Waals surface area contributed by atoms with Gasteiger partial charge >= 0.3 is 6.29 Å². The van der Waals surface area contributed by atoms with Crippen molar-refractivity contribution in [3.05, 3.63) is 53.7 Å². The predicted molar refractivity (Wildman–Crippen MR) is 123 cm³/mol. The molecule has 1 amide bonds. The number of nitrogens with zero attached hydrogens (tertiary/aromatic N) is 1. The third-order valence-electron chi connectivity index (χ3n) is 6.35. The fourth-order valence-corrected chi connectivity index (χ4v) is 4.45. The van der Waals surface area contributed by atoms with Crippen LogP contribution in [0.4, 0.5) is 14.5 Å². The van der Waals surface area contributed by atoms with Gasteiger partial charge in [0.05, 0.1) is 24.7 Å². The Kier molecular flexibility index (Phi) is 5.06. The summed E-state index contributed by atoms with van der Waals surface area (Å²) in [6.45, 7) is 1.97. The number of fused-ring (bicyclic) bond motifs is 2. The number of halogens is 2. The van der Waals surface area contributed by atoms with Crippen LogP contribution in [0, 0.1) is 0 Å². The van der Waals surface area contributed by atoms with Gasteiger partial charge in [-0.1, -0.05) is 13.0 Å². The molecule has 1 aliphatic carbocycles. The summed E-state index contributed by atoms with van der Waals surface area (Å²) in [5.41, 5.74) is 2.34. The molecule has 9 heteroatoms. The zero-order valence-corrected chi connectivity index (χ0v) is 18.0. The number of carbonyl (C=O) groups is 1. The van der Waals surface area contributed by atoms with E-state index in [0.29, 0.717) is 24.1 Å². The molecule has 2 heterocycles. The van der Waals surface area contributed by atoms with E-state index in [-0.39, 0.29) is 34.8 Å². The lowest BCUT2D eigenvalue weighted by Crippen LogP contribution is -2.28. The van der Waals surface area contributed by atoms with E-state index >= 15 is 0 Å². The number of alkyl halides is 2. The Bertz CT molecular complexity index is 1250. The van der Waals surface area contributed by atoms with E-state index in [9.17, 15) is 23.8 Å². The van der Waals surface area contributed by atoms with Gasteiger partial charge in [0, 0.05) is 26.6 Å². The number of rotatable bonds is 7. The number of aromatic nitrogens is 1. The zero-order valence-electron chi connectivity index (χ0n) is 18.0. The molecule has 0 spiro atoms. The Morgan fingerprint density at radius 3 is 2.64 bits per heavy atom. The second-order valence-electron chi connectivity index (χ2n) is 8.58. The van der Waals surface area contributed by atoms with Gasteiger partial charge < -0.3 is 29.6 Å². The normalized spacial score (nSPS) is 18.3. The van der Waals surface area contributed by atoms with E-state index in [1.165, 1.54) is 12.1 Å². The van der Waals surface area contributed by atoms with E-state index < -0.39 is 17.8 Å². The van der Waals surface area contributed by atoms with Crippen LogP contribution >= 0.6 is 0 Å². The maximum Gasteiger partial charge on any atom is 0.586 e. The zero-order chi connectivity index (χ0) is 23.4. The Labute approximate surface area is 193 Å². The van der Waals surface area contributed by atoms with Crippen LogP contribution in [0.2, 0.25) is 0 Å². The number of benzene rings is 2. The SMILES string of the molecule is CCc1cc2cc(NC(=O)C3(c4ccc5c(c4)OC(F)(F)O5)CC3)ccc2n1C[C@@H](O)CO.[HH].[HH].[HH]. The Hall–Kier alpha value is -3.17. The summed E-state index contributed by atoms with van der Waals surface area (Å²) in [6, 6.07) is 12.0. The molecule has 1 fully saturated rings. The van der Waals surface area contributed by atoms with Crippen molar-refractivity contribution in [2.24, 2.45) is 0 Å². The van der Waals surface area contributed by atoms with Gasteiger partial charge in [0.15, 0.2) is 11.5 Å². The van der Waals surface area contributed by atoms with E-state index in [0.717, 1.165) is 23.0 Å². The highest BCUT2D eigenvalue weighted by atomic mass is 19.3. The van der Waals surface area contributed by atoms with Crippen LogP contribution < -0.4 is 14.8 Å². The minimum absolute atomic E-state index is 0. The number of amides is 1. The molecule has 5 rings (SSSR count). The average Bonchev–Trinajstić information content (AvgIpc) is 3.44. The van der Waals surface area contributed by atoms with Crippen molar-refractivity contribution in [1.29, 1.82) is 0 Å². The van der Waals surface area contributed by atoms with Crippen molar-refractivity contribution < 1.29 is 37.5 Å². The first-order valence-corrected chi connectivity index (χ1v) is 10.9. The smallest absolute Gasteiger partial charge is 0.395 e. The number of aryl methyl sites for hydroxylation is 1. The maximum absolute atomic E-state index is 13.3. The third kappa shape index (κ3) is 3.81. The summed E-state index contributed by atoms with van der Waals surface area (Å²) in [5.74, 6) is -0.331. The van der Waals surface area contributed by atoms with Gasteiger partial charge in [-0.3, -0.25) is 4.79 Å².